The molecule has 0 spiro atoms. The molecule has 2 bridgehead atoms. The monoisotopic (exact) mass is 932 g/mol. The highest BCUT2D eigenvalue weighted by Gasteiger charge is 2.53. The van der Waals surface area contributed by atoms with E-state index in [-0.39, 0.29) is 61.2 Å². The Balaban J connectivity index is 1.70. The van der Waals surface area contributed by atoms with Crippen LogP contribution in [0.3, 0.4) is 0 Å². The van der Waals surface area contributed by atoms with Crippen LogP contribution in [0.25, 0.3) is 0 Å². The molecule has 1 aliphatic carbocycles. The summed E-state index contributed by atoms with van der Waals surface area (Å²) in [5.41, 5.74) is 1.08. The minimum atomic E-state index is -2.47. The zero-order valence-corrected chi connectivity index (χ0v) is 41.2. The lowest BCUT2D eigenvalue weighted by molar-refractivity contribution is -0.265. The molecule has 3 heterocycles. The summed E-state index contributed by atoms with van der Waals surface area (Å²) in [6.45, 7) is 12.5. The number of rotatable bonds is 6. The van der Waals surface area contributed by atoms with E-state index in [9.17, 15) is 44.4 Å². The van der Waals surface area contributed by atoms with Crippen LogP contribution in [0.5, 0.6) is 0 Å². The second-order valence-electron chi connectivity index (χ2n) is 20.1. The fourth-order valence-electron chi connectivity index (χ4n) is 10.4. The molecule has 66 heavy (non-hydrogen) atoms. The lowest BCUT2D eigenvalue weighted by Gasteiger charge is -2.42. The number of Topliss-reactive ketones (excluding diaryl/α,β-unsaturated/α-hetero) is 3. The summed E-state index contributed by atoms with van der Waals surface area (Å²) in [5, 5.41) is 44.8. The van der Waals surface area contributed by atoms with Gasteiger partial charge in [0.25, 0.3) is 11.7 Å². The highest BCUT2D eigenvalue weighted by atomic mass is 16.6. The SMILES string of the molecule is CO[C@H]1C[C@@H]2CC[C@@H](C)[C@@](O)(O2)C(=O)C(=O)N2CCCC[C@H]2C(=O)O[C@H]([C@H](C)C[C@@H]2CC[C@@H](O)[C@H](OC)C2)CC(=O)[C@H](C)/C=C(\C)[C@@H](O)[C@@H](OC)C(=O)[C@H](C)C[C@H](C)/C=C/CC(O)/C=C/1C. The standard InChI is InChI=1S/C51H81NO14/c1-29-14-13-15-37(53)25-32(4)42(62-8)27-38-19-17-35(7)51(61,66-38)48(58)49(59)52-21-12-11-16-39(52)50(60)65-43(31(3)24-36-18-20-40(54)44(26-36)63-9)28-41(55)30(2)23-34(6)46(57)47(64-10)45(56)33(5)22-29/h13-14,23,25,29-31,33,35-40,42-44,46-47,53-54,57,61H,11-12,15-22,24,26-28H2,1-10H3/b14-13+,32-25+,34-23+/t29-,30-,31-,33-,35-,36+,37?,38+,39+,40-,42+,43+,44-,46-,47+,51-/m1/s1. The van der Waals surface area contributed by atoms with Gasteiger partial charge in [0.2, 0.25) is 5.79 Å². The molecule has 15 nitrogen and oxygen atoms in total. The largest absolute Gasteiger partial charge is 0.460 e. The number of fused-ring (bicyclic) bond motifs is 3. The van der Waals surface area contributed by atoms with Gasteiger partial charge >= 0.3 is 5.97 Å². The molecule has 2 saturated heterocycles. The fourth-order valence-corrected chi connectivity index (χ4v) is 10.4. The number of methoxy groups -OCH3 is 3. The Bertz CT molecular complexity index is 1740. The summed E-state index contributed by atoms with van der Waals surface area (Å²) in [5.74, 6) is -8.31. The van der Waals surface area contributed by atoms with E-state index in [2.05, 4.69) is 0 Å². The van der Waals surface area contributed by atoms with Crippen molar-refractivity contribution in [2.45, 2.75) is 193 Å². The maximum absolute atomic E-state index is 14.4. The lowest BCUT2D eigenvalue weighted by atomic mass is 9.78. The van der Waals surface area contributed by atoms with E-state index in [4.69, 9.17) is 23.7 Å². The van der Waals surface area contributed by atoms with Gasteiger partial charge in [-0.05, 0) is 113 Å². The average Bonchev–Trinajstić information content (AvgIpc) is 3.28. The Morgan fingerprint density at radius 3 is 2.23 bits per heavy atom. The number of piperidine rings is 1. The van der Waals surface area contributed by atoms with Gasteiger partial charge in [-0.25, -0.2) is 4.79 Å². The van der Waals surface area contributed by atoms with Crippen molar-refractivity contribution in [2.24, 2.45) is 35.5 Å². The first kappa shape index (κ1) is 55.4. The number of carbonyl (C=O) groups excluding carboxylic acids is 5. The van der Waals surface area contributed by atoms with E-state index in [1.807, 2.05) is 32.9 Å². The molecule has 374 valence electrons. The maximum atomic E-state index is 14.4. The number of ether oxygens (including phenoxy) is 5. The van der Waals surface area contributed by atoms with Crippen LogP contribution in [0.15, 0.2) is 35.5 Å². The third kappa shape index (κ3) is 14.4. The normalized spacial score (nSPS) is 40.9. The van der Waals surface area contributed by atoms with Crippen molar-refractivity contribution in [1.82, 2.24) is 4.90 Å². The van der Waals surface area contributed by atoms with Crippen molar-refractivity contribution in [3.63, 3.8) is 0 Å². The third-order valence-corrected chi connectivity index (χ3v) is 14.8. The zero-order chi connectivity index (χ0) is 49.0. The van der Waals surface area contributed by atoms with Crippen LogP contribution >= 0.6 is 0 Å². The first-order chi connectivity index (χ1) is 31.1. The van der Waals surface area contributed by atoms with Crippen LogP contribution in [-0.4, -0.2) is 143 Å². The van der Waals surface area contributed by atoms with Crippen molar-refractivity contribution < 1.29 is 68.1 Å². The van der Waals surface area contributed by atoms with E-state index in [1.165, 1.54) is 19.1 Å². The molecule has 3 fully saturated rings. The van der Waals surface area contributed by atoms with Gasteiger partial charge in [0.15, 0.2) is 5.78 Å². The first-order valence-electron chi connectivity index (χ1n) is 24.3. The van der Waals surface area contributed by atoms with E-state index >= 15 is 0 Å². The second-order valence-corrected chi connectivity index (χ2v) is 20.1. The van der Waals surface area contributed by atoms with Crippen LogP contribution < -0.4 is 0 Å². The van der Waals surface area contributed by atoms with Crippen LogP contribution in [-0.2, 0) is 47.7 Å². The molecular formula is C51H81NO14. The van der Waals surface area contributed by atoms with E-state index in [0.29, 0.717) is 75.4 Å². The van der Waals surface area contributed by atoms with Gasteiger partial charge in [-0.2, -0.15) is 0 Å². The smallest absolute Gasteiger partial charge is 0.329 e. The zero-order valence-electron chi connectivity index (χ0n) is 41.2. The topological polar surface area (TPSA) is 216 Å². The maximum Gasteiger partial charge on any atom is 0.329 e. The number of ketones is 3. The van der Waals surface area contributed by atoms with Crippen LogP contribution in [0.2, 0.25) is 0 Å². The van der Waals surface area contributed by atoms with Gasteiger partial charge in [-0.3, -0.25) is 19.2 Å². The molecule has 1 amide bonds. The molecular weight excluding hydrogens is 851 g/mol. The quantitative estimate of drug-likeness (QED) is 0.150. The molecule has 16 atom stereocenters. The molecule has 15 heteroatoms. The number of hydrogen-bond donors (Lipinski definition) is 4. The minimum absolute atomic E-state index is 0.0524. The molecule has 4 aliphatic rings. The summed E-state index contributed by atoms with van der Waals surface area (Å²) in [7, 11) is 4.44. The van der Waals surface area contributed by atoms with E-state index in [1.54, 1.807) is 47.0 Å². The predicted molar refractivity (Wildman–Crippen MR) is 247 cm³/mol. The highest BCUT2D eigenvalue weighted by Crippen LogP contribution is 2.38. The van der Waals surface area contributed by atoms with Crippen molar-refractivity contribution in [2.75, 3.05) is 27.9 Å². The molecule has 0 radical (unpaired) electrons. The van der Waals surface area contributed by atoms with E-state index < -0.39 is 90.0 Å². The van der Waals surface area contributed by atoms with Crippen molar-refractivity contribution in [1.29, 1.82) is 0 Å². The average molecular weight is 932 g/mol. The van der Waals surface area contributed by atoms with Crippen LogP contribution in [0, 0.1) is 35.5 Å². The summed E-state index contributed by atoms with van der Waals surface area (Å²) < 4.78 is 29.3. The number of nitrogens with zero attached hydrogens (tertiary/aromatic N) is 1. The summed E-state index contributed by atoms with van der Waals surface area (Å²) in [4.78, 5) is 71.8. The molecule has 3 aliphatic heterocycles. The number of amides is 1. The van der Waals surface area contributed by atoms with Crippen molar-refractivity contribution in [3.8, 4) is 0 Å². The van der Waals surface area contributed by atoms with Gasteiger partial charge in [0, 0.05) is 58.5 Å². The molecule has 4 N–H and O–H groups in total. The Morgan fingerprint density at radius 1 is 0.848 bits per heavy atom. The molecule has 4 rings (SSSR count). The Kier molecular flexibility index (Phi) is 21.4. The summed E-state index contributed by atoms with van der Waals surface area (Å²) >= 11 is 0. The number of hydrogen-bond acceptors (Lipinski definition) is 14. The molecule has 1 saturated carbocycles. The Labute approximate surface area is 392 Å². The van der Waals surface area contributed by atoms with E-state index in [0.717, 1.165) is 0 Å². The van der Waals surface area contributed by atoms with Gasteiger partial charge in [0.05, 0.1) is 30.5 Å². The van der Waals surface area contributed by atoms with Crippen molar-refractivity contribution in [3.05, 3.63) is 35.5 Å². The second kappa shape index (κ2) is 25.5. The van der Waals surface area contributed by atoms with Gasteiger partial charge in [0.1, 0.15) is 30.1 Å². The first-order valence-corrected chi connectivity index (χ1v) is 24.3. The minimum Gasteiger partial charge on any atom is -0.460 e. The number of esters is 1. The molecule has 1 unspecified atom stereocenters. The molecule has 0 aromatic rings. The lowest BCUT2D eigenvalue weighted by Crippen LogP contribution is -2.61. The Morgan fingerprint density at radius 2 is 1.56 bits per heavy atom. The van der Waals surface area contributed by atoms with Crippen LogP contribution in [0.1, 0.15) is 132 Å². The number of aliphatic hydroxyl groups excluding tert-OH is 3. The number of aliphatic hydroxyl groups is 4. The number of allylic oxidation sites excluding steroid dienone is 2. The van der Waals surface area contributed by atoms with Crippen molar-refractivity contribution >= 4 is 29.2 Å². The molecule has 0 aromatic heterocycles. The fraction of sp³-hybridized carbons (Fsp3) is 0.784. The third-order valence-electron chi connectivity index (χ3n) is 14.8. The molecule has 0 aromatic carbocycles. The van der Waals surface area contributed by atoms with Gasteiger partial charge < -0.3 is 49.0 Å². The highest BCUT2D eigenvalue weighted by molar-refractivity contribution is 6.39. The number of carbonyl (C=O) groups is 5. The predicted octanol–water partition coefficient (Wildman–Crippen LogP) is 5.38. The number of cyclic esters (lactones) is 1. The summed E-state index contributed by atoms with van der Waals surface area (Å²) in [6.07, 6.45) is 5.92. The van der Waals surface area contributed by atoms with Gasteiger partial charge in [-0.1, -0.05) is 58.9 Å². The Hall–Kier alpha value is -3.15. The van der Waals surface area contributed by atoms with Crippen LogP contribution in [0.4, 0.5) is 0 Å². The van der Waals surface area contributed by atoms with Gasteiger partial charge in [-0.15, -0.1) is 0 Å². The summed E-state index contributed by atoms with van der Waals surface area (Å²) in [6, 6.07) is -1.16.